The second kappa shape index (κ2) is 8.48. The number of rotatable bonds is 5. The summed E-state index contributed by atoms with van der Waals surface area (Å²) in [5, 5.41) is 0. The van der Waals surface area contributed by atoms with E-state index in [1.165, 1.54) is 4.90 Å². The van der Waals surface area contributed by atoms with E-state index in [1.54, 1.807) is 11.9 Å². The fourth-order valence-electron chi connectivity index (χ4n) is 2.77. The molecule has 2 amide bonds. The molecule has 0 aromatic heterocycles. The number of nitrogens with zero attached hydrogens (tertiary/aromatic N) is 2. The zero-order valence-corrected chi connectivity index (χ0v) is 15.7. The molecule has 132 valence electrons. The van der Waals surface area contributed by atoms with Crippen LogP contribution in [0.2, 0.25) is 0 Å². The topological polar surface area (TPSA) is 75.9 Å². The zero-order valence-electron chi connectivity index (χ0n) is 14.1. The summed E-state index contributed by atoms with van der Waals surface area (Å²) >= 11 is 3.37. The summed E-state index contributed by atoms with van der Waals surface area (Å²) in [6, 6.07) is 7.55. The molecule has 2 unspecified atom stereocenters. The number of ether oxygens (including phenoxy) is 1. The van der Waals surface area contributed by atoms with Crippen molar-refractivity contribution >= 4 is 27.7 Å². The molecule has 24 heavy (non-hydrogen) atoms. The van der Waals surface area contributed by atoms with Gasteiger partial charge in [0.1, 0.15) is 5.75 Å². The van der Waals surface area contributed by atoms with Crippen molar-refractivity contribution in [2.45, 2.75) is 31.8 Å². The van der Waals surface area contributed by atoms with Gasteiger partial charge in [0.05, 0.1) is 6.61 Å². The Labute approximate surface area is 151 Å². The Morgan fingerprint density at radius 2 is 2.04 bits per heavy atom. The number of hydrogen-bond donors (Lipinski definition) is 1. The van der Waals surface area contributed by atoms with Crippen molar-refractivity contribution in [3.8, 4) is 5.75 Å². The van der Waals surface area contributed by atoms with Crippen molar-refractivity contribution in [2.75, 3.05) is 26.7 Å². The van der Waals surface area contributed by atoms with Gasteiger partial charge in [0, 0.05) is 36.7 Å². The molecule has 1 aliphatic heterocycles. The van der Waals surface area contributed by atoms with Gasteiger partial charge in [-0.1, -0.05) is 15.9 Å². The fraction of sp³-hybridized carbons (Fsp3) is 0.529. The summed E-state index contributed by atoms with van der Waals surface area (Å²) in [6.07, 6.45) is 1.39. The number of likely N-dealkylation sites (N-methyl/N-ethyl adjacent to an activating group) is 1. The minimum Gasteiger partial charge on any atom is -0.494 e. The van der Waals surface area contributed by atoms with Crippen LogP contribution in [-0.4, -0.2) is 60.4 Å². The Morgan fingerprint density at radius 1 is 1.38 bits per heavy atom. The number of halogens is 1. The number of carbonyl (C=O) groups is 2. The van der Waals surface area contributed by atoms with E-state index in [2.05, 4.69) is 15.9 Å². The van der Waals surface area contributed by atoms with Gasteiger partial charge in [-0.2, -0.15) is 0 Å². The molecule has 2 atom stereocenters. The van der Waals surface area contributed by atoms with Crippen molar-refractivity contribution in [2.24, 2.45) is 5.73 Å². The highest BCUT2D eigenvalue weighted by Crippen LogP contribution is 2.17. The number of benzene rings is 1. The molecule has 1 aliphatic rings. The summed E-state index contributed by atoms with van der Waals surface area (Å²) < 4.78 is 6.61. The number of nitrogens with two attached hydrogens (primary N) is 1. The Balaban J connectivity index is 1.73. The van der Waals surface area contributed by atoms with Gasteiger partial charge < -0.3 is 20.3 Å². The van der Waals surface area contributed by atoms with E-state index in [1.807, 2.05) is 31.2 Å². The summed E-state index contributed by atoms with van der Waals surface area (Å²) in [5.41, 5.74) is 5.85. The van der Waals surface area contributed by atoms with Crippen LogP contribution < -0.4 is 10.5 Å². The smallest absolute Gasteiger partial charge is 0.312 e. The zero-order chi connectivity index (χ0) is 17.7. The van der Waals surface area contributed by atoms with Gasteiger partial charge in [0.15, 0.2) is 0 Å². The van der Waals surface area contributed by atoms with Gasteiger partial charge in [0.25, 0.3) is 0 Å². The maximum Gasteiger partial charge on any atom is 0.312 e. The van der Waals surface area contributed by atoms with Crippen molar-refractivity contribution < 1.29 is 14.3 Å². The summed E-state index contributed by atoms with van der Waals surface area (Å²) in [5.74, 6) is -0.172. The van der Waals surface area contributed by atoms with E-state index in [0.717, 1.165) is 16.6 Å². The van der Waals surface area contributed by atoms with E-state index in [4.69, 9.17) is 10.5 Å². The Hall–Kier alpha value is -1.60. The average molecular weight is 398 g/mol. The summed E-state index contributed by atoms with van der Waals surface area (Å²) in [7, 11) is 1.64. The van der Waals surface area contributed by atoms with Gasteiger partial charge in [-0.15, -0.1) is 0 Å². The van der Waals surface area contributed by atoms with Crippen LogP contribution in [-0.2, 0) is 9.59 Å². The van der Waals surface area contributed by atoms with Crippen LogP contribution in [0.3, 0.4) is 0 Å². The lowest BCUT2D eigenvalue weighted by Gasteiger charge is -2.24. The predicted octanol–water partition coefficient (Wildman–Crippen LogP) is 1.62. The molecule has 2 N–H and O–H groups in total. The van der Waals surface area contributed by atoms with Gasteiger partial charge in [-0.25, -0.2) is 0 Å². The SMILES string of the molecule is CC1CC(N)CN1C(=O)C(=O)N(C)CCCOc1ccc(Br)cc1. The van der Waals surface area contributed by atoms with Crippen LogP contribution in [0.5, 0.6) is 5.75 Å². The highest BCUT2D eigenvalue weighted by atomic mass is 79.9. The molecule has 0 bridgehead atoms. The Morgan fingerprint density at radius 3 is 2.62 bits per heavy atom. The number of carbonyl (C=O) groups excluding carboxylic acids is 2. The molecule has 0 radical (unpaired) electrons. The quantitative estimate of drug-likeness (QED) is 0.604. The van der Waals surface area contributed by atoms with Crippen LogP contribution in [0.25, 0.3) is 0 Å². The first kappa shape index (κ1) is 18.7. The van der Waals surface area contributed by atoms with Crippen molar-refractivity contribution in [3.63, 3.8) is 0 Å². The van der Waals surface area contributed by atoms with Crippen molar-refractivity contribution in [1.29, 1.82) is 0 Å². The van der Waals surface area contributed by atoms with Crippen LogP contribution >= 0.6 is 15.9 Å². The van der Waals surface area contributed by atoms with Gasteiger partial charge in [-0.3, -0.25) is 9.59 Å². The van der Waals surface area contributed by atoms with E-state index >= 15 is 0 Å². The molecule has 0 aliphatic carbocycles. The first-order valence-electron chi connectivity index (χ1n) is 8.08. The minimum absolute atomic E-state index is 0.0191. The number of hydrogen-bond acceptors (Lipinski definition) is 4. The van der Waals surface area contributed by atoms with E-state index in [-0.39, 0.29) is 12.1 Å². The fourth-order valence-corrected chi connectivity index (χ4v) is 3.03. The third-order valence-corrected chi connectivity index (χ3v) is 4.65. The molecule has 7 heteroatoms. The predicted molar refractivity (Wildman–Crippen MR) is 95.7 cm³/mol. The molecule has 1 heterocycles. The number of amides is 2. The van der Waals surface area contributed by atoms with Crippen LogP contribution in [0.4, 0.5) is 0 Å². The standard InChI is InChI=1S/C17H24BrN3O3/c1-12-10-14(19)11-21(12)17(23)16(22)20(2)8-3-9-24-15-6-4-13(18)5-7-15/h4-7,12,14H,3,8-11,19H2,1-2H3. The highest BCUT2D eigenvalue weighted by Gasteiger charge is 2.34. The molecular formula is C17H24BrN3O3. The summed E-state index contributed by atoms with van der Waals surface area (Å²) in [4.78, 5) is 27.5. The van der Waals surface area contributed by atoms with Gasteiger partial charge >= 0.3 is 11.8 Å². The lowest BCUT2D eigenvalue weighted by atomic mass is 10.2. The second-order valence-electron chi connectivity index (χ2n) is 6.18. The first-order chi connectivity index (χ1) is 11.4. The lowest BCUT2D eigenvalue weighted by molar-refractivity contribution is -0.151. The molecule has 6 nitrogen and oxygen atoms in total. The molecule has 2 rings (SSSR count). The number of likely N-dealkylation sites (tertiary alicyclic amines) is 1. The molecule has 1 aromatic carbocycles. The van der Waals surface area contributed by atoms with Crippen molar-refractivity contribution in [1.82, 2.24) is 9.80 Å². The first-order valence-corrected chi connectivity index (χ1v) is 8.87. The third-order valence-electron chi connectivity index (χ3n) is 4.12. The van der Waals surface area contributed by atoms with Gasteiger partial charge in [0.2, 0.25) is 0 Å². The van der Waals surface area contributed by atoms with Crippen LogP contribution in [0.1, 0.15) is 19.8 Å². The molecule has 0 spiro atoms. The Kier molecular flexibility index (Phi) is 6.62. The highest BCUT2D eigenvalue weighted by molar-refractivity contribution is 9.10. The maximum absolute atomic E-state index is 12.3. The van der Waals surface area contributed by atoms with Gasteiger partial charge in [-0.05, 0) is 44.0 Å². The normalized spacial score (nSPS) is 20.1. The molecule has 1 aromatic rings. The lowest BCUT2D eigenvalue weighted by Crippen LogP contribution is -2.46. The maximum atomic E-state index is 12.3. The van der Waals surface area contributed by atoms with Crippen LogP contribution in [0, 0.1) is 0 Å². The third kappa shape index (κ3) is 4.95. The second-order valence-corrected chi connectivity index (χ2v) is 7.10. The van der Waals surface area contributed by atoms with Crippen molar-refractivity contribution in [3.05, 3.63) is 28.7 Å². The van der Waals surface area contributed by atoms with E-state index < -0.39 is 11.8 Å². The average Bonchev–Trinajstić information content (AvgIpc) is 2.90. The largest absolute Gasteiger partial charge is 0.494 e. The Bertz CT molecular complexity index is 579. The molecule has 1 saturated heterocycles. The summed E-state index contributed by atoms with van der Waals surface area (Å²) in [6.45, 7) is 3.32. The van der Waals surface area contributed by atoms with E-state index in [0.29, 0.717) is 26.1 Å². The minimum atomic E-state index is -0.486. The molecule has 1 fully saturated rings. The molecular weight excluding hydrogens is 374 g/mol. The van der Waals surface area contributed by atoms with Crippen LogP contribution in [0.15, 0.2) is 28.7 Å². The monoisotopic (exact) mass is 397 g/mol. The van der Waals surface area contributed by atoms with E-state index in [9.17, 15) is 9.59 Å². The molecule has 0 saturated carbocycles.